The van der Waals surface area contributed by atoms with E-state index in [0.717, 1.165) is 17.7 Å². The van der Waals surface area contributed by atoms with Gasteiger partial charge in [0.1, 0.15) is 11.5 Å². The Hall–Kier alpha value is -2.33. The van der Waals surface area contributed by atoms with Gasteiger partial charge < -0.3 is 16.2 Å². The maximum absolute atomic E-state index is 11.0. The summed E-state index contributed by atoms with van der Waals surface area (Å²) in [6, 6.07) is 14.4. The topological polar surface area (TPSA) is 78.3 Å². The minimum atomic E-state index is -0.450. The highest BCUT2D eigenvalue weighted by atomic mass is 16.5. The van der Waals surface area contributed by atoms with E-state index in [1.54, 1.807) is 24.3 Å². The lowest BCUT2D eigenvalue weighted by atomic mass is 10.1. The van der Waals surface area contributed by atoms with Crippen molar-refractivity contribution in [3.63, 3.8) is 0 Å². The van der Waals surface area contributed by atoms with Gasteiger partial charge >= 0.3 is 0 Å². The molecule has 0 aliphatic rings. The zero-order chi connectivity index (χ0) is 14.5. The molecule has 0 saturated carbocycles. The van der Waals surface area contributed by atoms with Crippen LogP contribution in [-0.4, -0.2) is 5.91 Å². The fraction of sp³-hybridized carbons (Fsp3) is 0.188. The second-order valence-electron chi connectivity index (χ2n) is 4.57. The zero-order valence-electron chi connectivity index (χ0n) is 11.4. The Morgan fingerprint density at radius 1 is 1.05 bits per heavy atom. The average Bonchev–Trinajstić information content (AvgIpc) is 2.48. The summed E-state index contributed by atoms with van der Waals surface area (Å²) in [6.07, 6.45) is 0.898. The van der Waals surface area contributed by atoms with E-state index in [9.17, 15) is 4.79 Å². The second-order valence-corrected chi connectivity index (χ2v) is 4.57. The van der Waals surface area contributed by atoms with Gasteiger partial charge in [0.2, 0.25) is 5.91 Å². The lowest BCUT2D eigenvalue weighted by molar-refractivity contribution is 0.100. The standard InChI is InChI=1S/C16H18N2O2/c1-2-15(17)11-3-7-13(8-4-11)20-14-9-5-12(6-10-14)16(18)19/h3-10,15H,2,17H2,1H3,(H2,18,19). The molecule has 4 heteroatoms. The van der Waals surface area contributed by atoms with E-state index in [1.165, 1.54) is 0 Å². The molecule has 1 atom stereocenters. The zero-order valence-corrected chi connectivity index (χ0v) is 11.4. The highest BCUT2D eigenvalue weighted by Gasteiger charge is 2.04. The molecule has 4 nitrogen and oxygen atoms in total. The molecular formula is C16H18N2O2. The predicted molar refractivity (Wildman–Crippen MR) is 78.7 cm³/mol. The van der Waals surface area contributed by atoms with Crippen LogP contribution in [0.4, 0.5) is 0 Å². The molecule has 0 radical (unpaired) electrons. The van der Waals surface area contributed by atoms with Gasteiger partial charge in [0.05, 0.1) is 0 Å². The van der Waals surface area contributed by atoms with Crippen LogP contribution in [0.5, 0.6) is 11.5 Å². The van der Waals surface area contributed by atoms with Gasteiger partial charge in [-0.15, -0.1) is 0 Å². The third kappa shape index (κ3) is 3.36. The molecule has 20 heavy (non-hydrogen) atoms. The third-order valence-electron chi connectivity index (χ3n) is 3.12. The minimum absolute atomic E-state index is 0.0545. The van der Waals surface area contributed by atoms with Crippen LogP contribution < -0.4 is 16.2 Å². The van der Waals surface area contributed by atoms with Gasteiger partial charge in [0, 0.05) is 11.6 Å². The second kappa shape index (κ2) is 6.21. The molecule has 4 N–H and O–H groups in total. The lowest BCUT2D eigenvalue weighted by Gasteiger charge is -2.10. The van der Waals surface area contributed by atoms with Crippen LogP contribution in [-0.2, 0) is 0 Å². The molecule has 0 aliphatic heterocycles. The first-order valence-corrected chi connectivity index (χ1v) is 6.53. The summed E-state index contributed by atoms with van der Waals surface area (Å²) in [7, 11) is 0. The molecule has 0 spiro atoms. The Bertz CT molecular complexity index is 576. The van der Waals surface area contributed by atoms with Crippen molar-refractivity contribution in [3.8, 4) is 11.5 Å². The number of rotatable bonds is 5. The maximum atomic E-state index is 11.0. The smallest absolute Gasteiger partial charge is 0.248 e. The van der Waals surface area contributed by atoms with Gasteiger partial charge in [-0.2, -0.15) is 0 Å². The number of nitrogens with two attached hydrogens (primary N) is 2. The highest BCUT2D eigenvalue weighted by Crippen LogP contribution is 2.23. The fourth-order valence-electron chi connectivity index (χ4n) is 1.84. The van der Waals surface area contributed by atoms with Crippen LogP contribution in [0.15, 0.2) is 48.5 Å². The molecular weight excluding hydrogens is 252 g/mol. The first-order chi connectivity index (χ1) is 9.60. The first-order valence-electron chi connectivity index (χ1n) is 6.53. The SMILES string of the molecule is CCC(N)c1ccc(Oc2ccc(C(N)=O)cc2)cc1. The molecule has 0 heterocycles. The van der Waals surface area contributed by atoms with Crippen LogP contribution in [0.2, 0.25) is 0 Å². The van der Waals surface area contributed by atoms with Crippen molar-refractivity contribution in [2.75, 3.05) is 0 Å². The van der Waals surface area contributed by atoms with Gasteiger partial charge in [-0.05, 0) is 48.4 Å². The molecule has 0 saturated heterocycles. The van der Waals surface area contributed by atoms with E-state index in [1.807, 2.05) is 24.3 Å². The molecule has 0 fully saturated rings. The molecule has 2 rings (SSSR count). The summed E-state index contributed by atoms with van der Waals surface area (Å²) in [6.45, 7) is 2.05. The first kappa shape index (κ1) is 14.1. The fourth-order valence-corrected chi connectivity index (χ4v) is 1.84. The van der Waals surface area contributed by atoms with Gasteiger partial charge in [0.25, 0.3) is 0 Å². The van der Waals surface area contributed by atoms with Crippen molar-refractivity contribution < 1.29 is 9.53 Å². The summed E-state index contributed by atoms with van der Waals surface area (Å²) >= 11 is 0. The van der Waals surface area contributed by atoms with Gasteiger partial charge in [0.15, 0.2) is 0 Å². The van der Waals surface area contributed by atoms with Crippen LogP contribution in [0.1, 0.15) is 35.3 Å². The molecule has 2 aromatic rings. The van der Waals surface area contributed by atoms with Gasteiger partial charge in [-0.25, -0.2) is 0 Å². The number of carbonyl (C=O) groups is 1. The van der Waals surface area contributed by atoms with E-state index in [2.05, 4.69) is 6.92 Å². The Balaban J connectivity index is 2.08. The molecule has 2 aromatic carbocycles. The largest absolute Gasteiger partial charge is 0.457 e. The van der Waals surface area contributed by atoms with Crippen molar-refractivity contribution in [3.05, 3.63) is 59.7 Å². The molecule has 104 valence electrons. The molecule has 0 aromatic heterocycles. The van der Waals surface area contributed by atoms with Crippen molar-refractivity contribution in [2.24, 2.45) is 11.5 Å². The summed E-state index contributed by atoms with van der Waals surface area (Å²) < 4.78 is 5.69. The van der Waals surface area contributed by atoms with Crippen LogP contribution in [0.25, 0.3) is 0 Å². The number of ether oxygens (including phenoxy) is 1. The molecule has 1 unspecified atom stereocenters. The predicted octanol–water partition coefficient (Wildman–Crippen LogP) is 2.99. The van der Waals surface area contributed by atoms with Crippen molar-refractivity contribution in [1.29, 1.82) is 0 Å². The van der Waals surface area contributed by atoms with Gasteiger partial charge in [-0.3, -0.25) is 4.79 Å². The number of primary amides is 1. The summed E-state index contributed by atoms with van der Waals surface area (Å²) in [5, 5.41) is 0. The molecule has 0 bridgehead atoms. The molecule has 1 amide bonds. The summed E-state index contributed by atoms with van der Waals surface area (Å²) in [5.74, 6) is 0.931. The van der Waals surface area contributed by atoms with E-state index in [0.29, 0.717) is 11.3 Å². The summed E-state index contributed by atoms with van der Waals surface area (Å²) in [4.78, 5) is 11.0. The normalized spacial score (nSPS) is 11.9. The van der Waals surface area contributed by atoms with Crippen LogP contribution >= 0.6 is 0 Å². The number of hydrogen-bond acceptors (Lipinski definition) is 3. The quantitative estimate of drug-likeness (QED) is 0.876. The molecule has 0 aliphatic carbocycles. The Labute approximate surface area is 118 Å². The minimum Gasteiger partial charge on any atom is -0.457 e. The summed E-state index contributed by atoms with van der Waals surface area (Å²) in [5.41, 5.74) is 12.7. The highest BCUT2D eigenvalue weighted by molar-refractivity contribution is 5.92. The van der Waals surface area contributed by atoms with E-state index >= 15 is 0 Å². The van der Waals surface area contributed by atoms with E-state index in [-0.39, 0.29) is 6.04 Å². The van der Waals surface area contributed by atoms with Crippen molar-refractivity contribution in [2.45, 2.75) is 19.4 Å². The number of amides is 1. The Morgan fingerprint density at radius 3 is 2.00 bits per heavy atom. The van der Waals surface area contributed by atoms with Crippen molar-refractivity contribution in [1.82, 2.24) is 0 Å². The average molecular weight is 270 g/mol. The van der Waals surface area contributed by atoms with Crippen LogP contribution in [0.3, 0.4) is 0 Å². The Kier molecular flexibility index (Phi) is 4.38. The van der Waals surface area contributed by atoms with Crippen LogP contribution in [0, 0.1) is 0 Å². The van der Waals surface area contributed by atoms with E-state index < -0.39 is 5.91 Å². The van der Waals surface area contributed by atoms with E-state index in [4.69, 9.17) is 16.2 Å². The monoisotopic (exact) mass is 270 g/mol. The number of hydrogen-bond donors (Lipinski definition) is 2. The Morgan fingerprint density at radius 2 is 1.55 bits per heavy atom. The van der Waals surface area contributed by atoms with Crippen molar-refractivity contribution >= 4 is 5.91 Å². The number of carbonyl (C=O) groups excluding carboxylic acids is 1. The third-order valence-corrected chi connectivity index (χ3v) is 3.12. The van der Waals surface area contributed by atoms with Gasteiger partial charge in [-0.1, -0.05) is 19.1 Å². The number of benzene rings is 2. The maximum Gasteiger partial charge on any atom is 0.248 e. The lowest BCUT2D eigenvalue weighted by Crippen LogP contribution is -2.10.